The highest BCUT2D eigenvalue weighted by Gasteiger charge is 2.23. The number of benzene rings is 1. The van der Waals surface area contributed by atoms with Crippen LogP contribution in [0.5, 0.6) is 5.75 Å². The predicted molar refractivity (Wildman–Crippen MR) is 77.8 cm³/mol. The van der Waals surface area contributed by atoms with Crippen molar-refractivity contribution in [3.05, 3.63) is 29.8 Å². The average Bonchev–Trinajstić information content (AvgIpc) is 2.48. The molecule has 0 unspecified atom stereocenters. The van der Waals surface area contributed by atoms with Crippen LogP contribution in [-0.2, 0) is 11.2 Å². The molecule has 3 heteroatoms. The van der Waals surface area contributed by atoms with E-state index in [1.54, 1.807) is 7.11 Å². The number of rotatable bonds is 6. The number of methoxy groups -OCH3 is 2. The van der Waals surface area contributed by atoms with Crippen molar-refractivity contribution in [3.8, 4) is 5.75 Å². The number of hydrogen-bond acceptors (Lipinski definition) is 3. The first kappa shape index (κ1) is 14.4. The fourth-order valence-corrected chi connectivity index (χ4v) is 2.91. The van der Waals surface area contributed by atoms with Crippen LogP contribution >= 0.6 is 0 Å². The Kier molecular flexibility index (Phi) is 5.67. The van der Waals surface area contributed by atoms with E-state index in [2.05, 4.69) is 17.4 Å². The van der Waals surface area contributed by atoms with Crippen molar-refractivity contribution in [1.29, 1.82) is 0 Å². The molecule has 0 heterocycles. The van der Waals surface area contributed by atoms with Crippen LogP contribution in [0.1, 0.15) is 31.2 Å². The molecule has 106 valence electrons. The lowest BCUT2D eigenvalue weighted by Crippen LogP contribution is -2.43. The number of para-hydroxylation sites is 1. The Hall–Kier alpha value is -1.06. The van der Waals surface area contributed by atoms with Crippen LogP contribution < -0.4 is 10.1 Å². The highest BCUT2D eigenvalue weighted by molar-refractivity contribution is 5.33. The Labute approximate surface area is 116 Å². The molecule has 19 heavy (non-hydrogen) atoms. The summed E-state index contributed by atoms with van der Waals surface area (Å²) in [6, 6.07) is 8.74. The molecule has 2 atom stereocenters. The molecule has 1 aliphatic rings. The van der Waals surface area contributed by atoms with Gasteiger partial charge in [0, 0.05) is 13.2 Å². The second-order valence-electron chi connectivity index (χ2n) is 5.18. The van der Waals surface area contributed by atoms with Crippen molar-refractivity contribution in [2.45, 2.75) is 44.2 Å². The average molecular weight is 263 g/mol. The number of hydrogen-bond donors (Lipinski definition) is 1. The molecule has 1 fully saturated rings. The molecular formula is C16H25NO2. The summed E-state index contributed by atoms with van der Waals surface area (Å²) >= 11 is 0. The first-order valence-electron chi connectivity index (χ1n) is 7.23. The van der Waals surface area contributed by atoms with Crippen molar-refractivity contribution in [2.24, 2.45) is 0 Å². The van der Waals surface area contributed by atoms with Gasteiger partial charge in [0.25, 0.3) is 0 Å². The Morgan fingerprint density at radius 1 is 1.16 bits per heavy atom. The minimum atomic E-state index is 0.381. The fraction of sp³-hybridized carbons (Fsp3) is 0.625. The minimum absolute atomic E-state index is 0.381. The van der Waals surface area contributed by atoms with Crippen LogP contribution in [0.25, 0.3) is 0 Å². The largest absolute Gasteiger partial charge is 0.496 e. The predicted octanol–water partition coefficient (Wildman–Crippen LogP) is 2.78. The summed E-state index contributed by atoms with van der Waals surface area (Å²) in [4.78, 5) is 0. The summed E-state index contributed by atoms with van der Waals surface area (Å²) in [5.74, 6) is 0.983. The smallest absolute Gasteiger partial charge is 0.122 e. The van der Waals surface area contributed by atoms with E-state index in [4.69, 9.17) is 9.47 Å². The van der Waals surface area contributed by atoms with Crippen molar-refractivity contribution in [2.75, 3.05) is 20.8 Å². The Balaban J connectivity index is 1.82. The molecule has 2 rings (SSSR count). The van der Waals surface area contributed by atoms with Gasteiger partial charge in [-0.3, -0.25) is 0 Å². The van der Waals surface area contributed by atoms with Gasteiger partial charge in [-0.15, -0.1) is 0 Å². The molecule has 0 spiro atoms. The molecule has 0 aromatic heterocycles. The molecule has 1 N–H and O–H groups in total. The molecule has 1 aliphatic carbocycles. The van der Waals surface area contributed by atoms with Gasteiger partial charge in [0.1, 0.15) is 5.75 Å². The third-order valence-electron chi connectivity index (χ3n) is 4.00. The van der Waals surface area contributed by atoms with E-state index in [-0.39, 0.29) is 0 Å². The lowest BCUT2D eigenvalue weighted by Gasteiger charge is -2.31. The second kappa shape index (κ2) is 7.51. The lowest BCUT2D eigenvalue weighted by molar-refractivity contribution is 0.0421. The highest BCUT2D eigenvalue weighted by atomic mass is 16.5. The first-order valence-corrected chi connectivity index (χ1v) is 7.23. The van der Waals surface area contributed by atoms with Crippen molar-refractivity contribution < 1.29 is 9.47 Å². The van der Waals surface area contributed by atoms with Crippen molar-refractivity contribution >= 4 is 0 Å². The summed E-state index contributed by atoms with van der Waals surface area (Å²) < 4.78 is 10.9. The maximum atomic E-state index is 5.56. The summed E-state index contributed by atoms with van der Waals surface area (Å²) in [6.45, 7) is 0.977. The van der Waals surface area contributed by atoms with Crippen molar-refractivity contribution in [1.82, 2.24) is 5.32 Å². The van der Waals surface area contributed by atoms with Gasteiger partial charge in [-0.2, -0.15) is 0 Å². The van der Waals surface area contributed by atoms with Gasteiger partial charge in [-0.1, -0.05) is 31.0 Å². The van der Waals surface area contributed by atoms with Gasteiger partial charge in [0.15, 0.2) is 0 Å². The topological polar surface area (TPSA) is 30.5 Å². The molecule has 0 amide bonds. The van der Waals surface area contributed by atoms with E-state index >= 15 is 0 Å². The SMILES string of the molecule is COc1ccccc1CCN[C@H]1CCCC[C@H]1OC. The summed E-state index contributed by atoms with van der Waals surface area (Å²) in [5.41, 5.74) is 1.27. The van der Waals surface area contributed by atoms with Gasteiger partial charge in [0.05, 0.1) is 13.2 Å². The van der Waals surface area contributed by atoms with E-state index in [0.29, 0.717) is 12.1 Å². The third-order valence-corrected chi connectivity index (χ3v) is 4.00. The van der Waals surface area contributed by atoms with E-state index < -0.39 is 0 Å². The molecule has 0 saturated heterocycles. The summed E-state index contributed by atoms with van der Waals surface area (Å²) in [7, 11) is 3.55. The zero-order valence-electron chi connectivity index (χ0n) is 12.0. The molecule has 1 aromatic carbocycles. The second-order valence-corrected chi connectivity index (χ2v) is 5.18. The van der Waals surface area contributed by atoms with E-state index in [1.165, 1.54) is 31.2 Å². The molecule has 1 saturated carbocycles. The Bertz CT molecular complexity index is 381. The lowest BCUT2D eigenvalue weighted by atomic mass is 9.92. The quantitative estimate of drug-likeness (QED) is 0.856. The molecule has 0 radical (unpaired) electrons. The zero-order valence-corrected chi connectivity index (χ0v) is 12.0. The van der Waals surface area contributed by atoms with Gasteiger partial charge < -0.3 is 14.8 Å². The summed E-state index contributed by atoms with van der Waals surface area (Å²) in [5, 5.41) is 3.64. The van der Waals surface area contributed by atoms with Gasteiger partial charge in [-0.25, -0.2) is 0 Å². The monoisotopic (exact) mass is 263 g/mol. The van der Waals surface area contributed by atoms with Crippen LogP contribution in [0.4, 0.5) is 0 Å². The van der Waals surface area contributed by atoms with Crippen molar-refractivity contribution in [3.63, 3.8) is 0 Å². The van der Waals surface area contributed by atoms with E-state index in [9.17, 15) is 0 Å². The normalized spacial score (nSPS) is 23.3. The van der Waals surface area contributed by atoms with E-state index in [1.807, 2.05) is 19.2 Å². The summed E-state index contributed by atoms with van der Waals surface area (Å²) in [6.07, 6.45) is 6.39. The Morgan fingerprint density at radius 3 is 2.74 bits per heavy atom. The molecule has 1 aromatic rings. The van der Waals surface area contributed by atoms with Crippen LogP contribution in [0.2, 0.25) is 0 Å². The maximum Gasteiger partial charge on any atom is 0.122 e. The third kappa shape index (κ3) is 3.95. The molecule has 0 bridgehead atoms. The first-order chi connectivity index (χ1) is 9.35. The fourth-order valence-electron chi connectivity index (χ4n) is 2.91. The molecule has 0 aliphatic heterocycles. The number of nitrogens with one attached hydrogen (secondary N) is 1. The minimum Gasteiger partial charge on any atom is -0.496 e. The van der Waals surface area contributed by atoms with Gasteiger partial charge >= 0.3 is 0 Å². The molecular weight excluding hydrogens is 238 g/mol. The van der Waals surface area contributed by atoms with Gasteiger partial charge in [0.2, 0.25) is 0 Å². The van der Waals surface area contributed by atoms with Gasteiger partial charge in [-0.05, 0) is 37.4 Å². The number of ether oxygens (including phenoxy) is 2. The molecule has 3 nitrogen and oxygen atoms in total. The van der Waals surface area contributed by atoms with Crippen LogP contribution in [-0.4, -0.2) is 32.9 Å². The van der Waals surface area contributed by atoms with Crippen LogP contribution in [0, 0.1) is 0 Å². The standard InChI is InChI=1S/C16H25NO2/c1-18-15-9-5-3-7-13(15)11-12-17-14-8-4-6-10-16(14)19-2/h3,5,7,9,14,16-17H,4,6,8,10-12H2,1-2H3/t14-,16+/m0/s1. The van der Waals surface area contributed by atoms with Crippen LogP contribution in [0.3, 0.4) is 0 Å². The van der Waals surface area contributed by atoms with Crippen LogP contribution in [0.15, 0.2) is 24.3 Å². The maximum absolute atomic E-state index is 5.56. The highest BCUT2D eigenvalue weighted by Crippen LogP contribution is 2.21. The Morgan fingerprint density at radius 2 is 1.95 bits per heavy atom. The zero-order chi connectivity index (χ0) is 13.5. The van der Waals surface area contributed by atoms with E-state index in [0.717, 1.165) is 18.7 Å².